The molecular weight excluding hydrogens is 256 g/mol. The standard InChI is InChI=1S/C15H14N2OS/c1-8-4-5-9(2)11(6-8)12-10(3)19-15-13(12)14(18)16-7-17-15/h4-7H,1-3H3,(H,16,17,18). The number of rotatable bonds is 1. The molecule has 1 aromatic carbocycles. The van der Waals surface area contributed by atoms with E-state index in [4.69, 9.17) is 0 Å². The van der Waals surface area contributed by atoms with E-state index in [2.05, 4.69) is 42.0 Å². The van der Waals surface area contributed by atoms with Gasteiger partial charge >= 0.3 is 0 Å². The highest BCUT2D eigenvalue weighted by molar-refractivity contribution is 7.19. The lowest BCUT2D eigenvalue weighted by molar-refractivity contribution is 1.18. The smallest absolute Gasteiger partial charge is 0.260 e. The van der Waals surface area contributed by atoms with Crippen LogP contribution in [0.4, 0.5) is 0 Å². The average Bonchev–Trinajstić information content (AvgIpc) is 2.70. The lowest BCUT2D eigenvalue weighted by atomic mass is 9.97. The van der Waals surface area contributed by atoms with Crippen LogP contribution in [0.3, 0.4) is 0 Å². The average molecular weight is 270 g/mol. The summed E-state index contributed by atoms with van der Waals surface area (Å²) >= 11 is 1.57. The Hall–Kier alpha value is -1.94. The first-order chi connectivity index (χ1) is 9.08. The zero-order chi connectivity index (χ0) is 13.6. The summed E-state index contributed by atoms with van der Waals surface area (Å²) in [5.74, 6) is 0. The van der Waals surface area contributed by atoms with Gasteiger partial charge in [-0.25, -0.2) is 4.98 Å². The van der Waals surface area contributed by atoms with Gasteiger partial charge in [0.2, 0.25) is 0 Å². The van der Waals surface area contributed by atoms with Crippen LogP contribution in [0.1, 0.15) is 16.0 Å². The summed E-state index contributed by atoms with van der Waals surface area (Å²) in [6, 6.07) is 6.32. The van der Waals surface area contributed by atoms with E-state index in [1.54, 1.807) is 11.3 Å². The van der Waals surface area contributed by atoms with Crippen LogP contribution in [0.25, 0.3) is 21.3 Å². The van der Waals surface area contributed by atoms with Gasteiger partial charge in [-0.1, -0.05) is 23.8 Å². The summed E-state index contributed by atoms with van der Waals surface area (Å²) in [7, 11) is 0. The van der Waals surface area contributed by atoms with Crippen LogP contribution < -0.4 is 5.56 Å². The van der Waals surface area contributed by atoms with E-state index in [1.165, 1.54) is 17.5 Å². The van der Waals surface area contributed by atoms with Crippen molar-refractivity contribution in [2.45, 2.75) is 20.8 Å². The highest BCUT2D eigenvalue weighted by Gasteiger charge is 2.16. The number of fused-ring (bicyclic) bond motifs is 1. The Balaban J connectivity index is 2.46. The Morgan fingerprint density at radius 3 is 2.79 bits per heavy atom. The van der Waals surface area contributed by atoms with Crippen molar-refractivity contribution in [2.24, 2.45) is 0 Å². The number of nitrogens with zero attached hydrogens (tertiary/aromatic N) is 1. The van der Waals surface area contributed by atoms with Crippen molar-refractivity contribution in [3.8, 4) is 11.1 Å². The minimum absolute atomic E-state index is 0.0646. The van der Waals surface area contributed by atoms with Crippen LogP contribution in [0.5, 0.6) is 0 Å². The maximum atomic E-state index is 12.1. The molecule has 3 rings (SSSR count). The summed E-state index contributed by atoms with van der Waals surface area (Å²) in [5.41, 5.74) is 4.46. The SMILES string of the molecule is Cc1ccc(C)c(-c2c(C)sc3nc[nH]c(=O)c23)c1. The number of H-pyrrole nitrogens is 1. The molecule has 96 valence electrons. The predicted octanol–water partition coefficient (Wildman–Crippen LogP) is 3.58. The largest absolute Gasteiger partial charge is 0.313 e. The molecule has 0 aliphatic rings. The predicted molar refractivity (Wildman–Crippen MR) is 79.9 cm³/mol. The first-order valence-electron chi connectivity index (χ1n) is 6.12. The van der Waals surface area contributed by atoms with Gasteiger partial charge in [0.05, 0.1) is 11.7 Å². The quantitative estimate of drug-likeness (QED) is 0.734. The molecule has 19 heavy (non-hydrogen) atoms. The van der Waals surface area contributed by atoms with Gasteiger partial charge in [-0.3, -0.25) is 4.79 Å². The Kier molecular flexibility index (Phi) is 2.75. The van der Waals surface area contributed by atoms with E-state index in [1.807, 2.05) is 6.92 Å². The summed E-state index contributed by atoms with van der Waals surface area (Å²) in [5, 5.41) is 0.707. The van der Waals surface area contributed by atoms with Crippen molar-refractivity contribution in [1.82, 2.24) is 9.97 Å². The molecule has 0 spiro atoms. The van der Waals surface area contributed by atoms with Gasteiger partial charge in [-0.15, -0.1) is 11.3 Å². The Morgan fingerprint density at radius 1 is 1.21 bits per heavy atom. The molecule has 0 unspecified atom stereocenters. The van der Waals surface area contributed by atoms with Gasteiger partial charge in [0.25, 0.3) is 5.56 Å². The van der Waals surface area contributed by atoms with Crippen LogP contribution in [0.15, 0.2) is 29.3 Å². The zero-order valence-corrected chi connectivity index (χ0v) is 11.9. The zero-order valence-electron chi connectivity index (χ0n) is 11.1. The molecule has 3 nitrogen and oxygen atoms in total. The van der Waals surface area contributed by atoms with Crippen molar-refractivity contribution in [3.63, 3.8) is 0 Å². The van der Waals surface area contributed by atoms with E-state index in [0.29, 0.717) is 5.39 Å². The molecule has 0 bridgehead atoms. The van der Waals surface area contributed by atoms with Gasteiger partial charge in [0, 0.05) is 10.4 Å². The number of hydrogen-bond donors (Lipinski definition) is 1. The van der Waals surface area contributed by atoms with E-state index < -0.39 is 0 Å². The second-order valence-corrected chi connectivity index (χ2v) is 5.97. The molecular formula is C15H14N2OS. The minimum Gasteiger partial charge on any atom is -0.313 e. The maximum absolute atomic E-state index is 12.1. The fraction of sp³-hybridized carbons (Fsp3) is 0.200. The highest BCUT2D eigenvalue weighted by Crippen LogP contribution is 2.37. The molecule has 0 atom stereocenters. The van der Waals surface area contributed by atoms with E-state index in [9.17, 15) is 4.79 Å². The number of aromatic amines is 1. The second kappa shape index (κ2) is 4.31. The number of aryl methyl sites for hydroxylation is 3. The molecule has 0 aliphatic heterocycles. The molecule has 0 amide bonds. The monoisotopic (exact) mass is 270 g/mol. The summed E-state index contributed by atoms with van der Waals surface area (Å²) in [6.07, 6.45) is 1.47. The first-order valence-corrected chi connectivity index (χ1v) is 6.94. The molecule has 1 N–H and O–H groups in total. The Labute approximate surface area is 115 Å². The lowest BCUT2D eigenvalue weighted by Gasteiger charge is -2.07. The number of aromatic nitrogens is 2. The topological polar surface area (TPSA) is 45.8 Å². The third-order valence-electron chi connectivity index (χ3n) is 3.33. The van der Waals surface area contributed by atoms with Crippen LogP contribution in [0.2, 0.25) is 0 Å². The molecule has 2 heterocycles. The van der Waals surface area contributed by atoms with Crippen molar-refractivity contribution in [1.29, 1.82) is 0 Å². The van der Waals surface area contributed by atoms with Gasteiger partial charge in [-0.05, 0) is 31.9 Å². The maximum Gasteiger partial charge on any atom is 0.260 e. The molecule has 0 saturated heterocycles. The summed E-state index contributed by atoms with van der Waals surface area (Å²) < 4.78 is 0. The fourth-order valence-electron chi connectivity index (χ4n) is 2.38. The molecule has 4 heteroatoms. The third kappa shape index (κ3) is 1.88. The van der Waals surface area contributed by atoms with Crippen molar-refractivity contribution < 1.29 is 0 Å². The molecule has 0 aliphatic carbocycles. The Morgan fingerprint density at radius 2 is 2.00 bits per heavy atom. The van der Waals surface area contributed by atoms with E-state index in [0.717, 1.165) is 20.8 Å². The van der Waals surface area contributed by atoms with Gasteiger partial charge in [0.15, 0.2) is 0 Å². The van der Waals surface area contributed by atoms with E-state index >= 15 is 0 Å². The molecule has 0 fully saturated rings. The normalized spacial score (nSPS) is 11.1. The van der Waals surface area contributed by atoms with Gasteiger partial charge in [-0.2, -0.15) is 0 Å². The molecule has 0 saturated carbocycles. The summed E-state index contributed by atoms with van der Waals surface area (Å²) in [4.78, 5) is 21.0. The van der Waals surface area contributed by atoms with Gasteiger partial charge < -0.3 is 4.98 Å². The fourth-order valence-corrected chi connectivity index (χ4v) is 3.39. The number of hydrogen-bond acceptors (Lipinski definition) is 3. The highest BCUT2D eigenvalue weighted by atomic mass is 32.1. The molecule has 3 aromatic rings. The van der Waals surface area contributed by atoms with E-state index in [-0.39, 0.29) is 5.56 Å². The number of benzene rings is 1. The molecule has 2 aromatic heterocycles. The number of nitrogens with one attached hydrogen (secondary N) is 1. The van der Waals surface area contributed by atoms with Crippen LogP contribution in [-0.4, -0.2) is 9.97 Å². The van der Waals surface area contributed by atoms with Gasteiger partial charge in [0.1, 0.15) is 4.83 Å². The third-order valence-corrected chi connectivity index (χ3v) is 4.35. The van der Waals surface area contributed by atoms with Crippen molar-refractivity contribution in [3.05, 3.63) is 50.9 Å². The van der Waals surface area contributed by atoms with Crippen molar-refractivity contribution >= 4 is 21.6 Å². The van der Waals surface area contributed by atoms with Crippen LogP contribution >= 0.6 is 11.3 Å². The summed E-state index contributed by atoms with van der Waals surface area (Å²) in [6.45, 7) is 6.18. The minimum atomic E-state index is -0.0646. The second-order valence-electron chi connectivity index (χ2n) is 4.76. The number of thiophene rings is 1. The van der Waals surface area contributed by atoms with Crippen LogP contribution in [0, 0.1) is 20.8 Å². The Bertz CT molecular complexity index is 830. The molecule has 0 radical (unpaired) electrons. The lowest BCUT2D eigenvalue weighted by Crippen LogP contribution is -2.05. The van der Waals surface area contributed by atoms with Crippen LogP contribution in [-0.2, 0) is 0 Å². The first kappa shape index (κ1) is 12.1. The van der Waals surface area contributed by atoms with Crippen molar-refractivity contribution in [2.75, 3.05) is 0 Å².